The molecule has 40 heavy (non-hydrogen) atoms. The number of hydrogen-bond acceptors (Lipinski definition) is 6. The second-order valence-electron chi connectivity index (χ2n) is 9.53. The second-order valence-corrected chi connectivity index (χ2v) is 10.4. The third-order valence-electron chi connectivity index (χ3n) is 6.95. The van der Waals surface area contributed by atoms with E-state index in [4.69, 9.17) is 44.1 Å². The largest absolute Gasteiger partial charge is 0.492 e. The molecule has 1 unspecified atom stereocenters. The number of benzene rings is 3. The molecule has 1 aliphatic heterocycles. The zero-order chi connectivity index (χ0) is 27.8. The highest BCUT2D eigenvalue weighted by atomic mass is 35.5. The highest BCUT2D eigenvalue weighted by Crippen LogP contribution is 2.40. The van der Waals surface area contributed by atoms with E-state index in [-0.39, 0.29) is 0 Å². The molecule has 6 rings (SSSR count). The number of nitrogen functional groups attached to an aromatic ring is 2. The monoisotopic (exact) mass is 576 g/mol. The van der Waals surface area contributed by atoms with Crippen LogP contribution in [0.15, 0.2) is 72.9 Å². The Morgan fingerprint density at radius 3 is 2.45 bits per heavy atom. The summed E-state index contributed by atoms with van der Waals surface area (Å²) in [5, 5.41) is 6.43. The van der Waals surface area contributed by atoms with Gasteiger partial charge in [-0.25, -0.2) is 4.79 Å². The second kappa shape index (κ2) is 10.7. The zero-order valence-corrected chi connectivity index (χ0v) is 22.8. The first-order valence-corrected chi connectivity index (χ1v) is 13.5. The van der Waals surface area contributed by atoms with E-state index in [1.54, 1.807) is 40.0 Å². The average molecular weight is 577 g/mol. The minimum atomic E-state index is -0.451. The number of aromatic nitrogens is 3. The van der Waals surface area contributed by atoms with Gasteiger partial charge in [0.15, 0.2) is 5.82 Å². The van der Waals surface area contributed by atoms with Crippen molar-refractivity contribution in [3.8, 4) is 11.5 Å². The lowest BCUT2D eigenvalue weighted by atomic mass is 9.92. The summed E-state index contributed by atoms with van der Waals surface area (Å²) in [6, 6.07) is 19.8. The van der Waals surface area contributed by atoms with Crippen LogP contribution in [0.5, 0.6) is 11.5 Å². The molecule has 0 spiro atoms. The summed E-state index contributed by atoms with van der Waals surface area (Å²) in [5.41, 5.74) is 15.8. The van der Waals surface area contributed by atoms with Gasteiger partial charge in [0, 0.05) is 33.2 Å². The normalized spacial score (nSPS) is 14.8. The molecule has 1 amide bonds. The summed E-state index contributed by atoms with van der Waals surface area (Å²) in [5.74, 6) is 1.41. The predicted octanol–water partition coefficient (Wildman–Crippen LogP) is 6.06. The SMILES string of the molecule is Nc1cn(CCOc2ccc(C3c4[nH]c5ccc(Cl)cc5c4CCN3C(=O)Oc3ccc(Cl)cc3)cc2)nc1N. The van der Waals surface area contributed by atoms with Gasteiger partial charge in [-0.3, -0.25) is 9.58 Å². The Morgan fingerprint density at radius 2 is 1.73 bits per heavy atom. The van der Waals surface area contributed by atoms with Gasteiger partial charge < -0.3 is 25.9 Å². The van der Waals surface area contributed by atoms with E-state index in [0.717, 1.165) is 27.7 Å². The van der Waals surface area contributed by atoms with Crippen molar-refractivity contribution in [2.45, 2.75) is 19.0 Å². The number of rotatable bonds is 6. The lowest BCUT2D eigenvalue weighted by molar-refractivity contribution is 0.135. The number of hydrogen-bond donors (Lipinski definition) is 3. The Balaban J connectivity index is 1.27. The fourth-order valence-electron chi connectivity index (χ4n) is 5.04. The first-order chi connectivity index (χ1) is 19.4. The topological polar surface area (TPSA) is 124 Å². The summed E-state index contributed by atoms with van der Waals surface area (Å²) >= 11 is 12.3. The van der Waals surface area contributed by atoms with Crippen molar-refractivity contribution in [1.29, 1.82) is 0 Å². The van der Waals surface area contributed by atoms with Crippen LogP contribution in [0.2, 0.25) is 10.0 Å². The van der Waals surface area contributed by atoms with Gasteiger partial charge in [0.05, 0.1) is 18.4 Å². The molecule has 1 atom stereocenters. The van der Waals surface area contributed by atoms with Crippen molar-refractivity contribution >= 4 is 51.7 Å². The van der Waals surface area contributed by atoms with Gasteiger partial charge in [0.2, 0.25) is 0 Å². The van der Waals surface area contributed by atoms with Crippen LogP contribution < -0.4 is 20.9 Å². The van der Waals surface area contributed by atoms with Gasteiger partial charge in [-0.15, -0.1) is 0 Å². The molecular weight excluding hydrogens is 551 g/mol. The molecule has 9 nitrogen and oxygen atoms in total. The number of ether oxygens (including phenoxy) is 2. The van der Waals surface area contributed by atoms with Gasteiger partial charge >= 0.3 is 6.09 Å². The fraction of sp³-hybridized carbons (Fsp3) is 0.172. The standard InChI is InChI=1S/C29H26Cl2N6O3/c30-18-3-8-21(9-4-18)40-29(38)37-12-11-22-23-15-19(31)5-10-25(23)34-26(22)27(37)17-1-6-20(7-2-17)39-14-13-36-16-24(32)28(33)35-36/h1-10,15-16,27,34H,11-14,32H2,(H2,33,35). The van der Waals surface area contributed by atoms with Crippen LogP contribution in [0, 0.1) is 0 Å². The molecule has 0 fully saturated rings. The van der Waals surface area contributed by atoms with Gasteiger partial charge in [0.25, 0.3) is 0 Å². The number of H-pyrrole nitrogens is 1. The van der Waals surface area contributed by atoms with Crippen LogP contribution in [0.1, 0.15) is 22.9 Å². The third kappa shape index (κ3) is 5.13. The first-order valence-electron chi connectivity index (χ1n) is 12.7. The molecule has 1 aliphatic rings. The Hall–Kier alpha value is -4.34. The number of carbonyl (C=O) groups excluding carboxylic acids is 1. The van der Waals surface area contributed by atoms with Crippen molar-refractivity contribution in [2.24, 2.45) is 0 Å². The molecule has 0 saturated heterocycles. The molecule has 5 aromatic rings. The third-order valence-corrected chi connectivity index (χ3v) is 7.43. The molecule has 3 aromatic carbocycles. The van der Waals surface area contributed by atoms with E-state index < -0.39 is 12.1 Å². The van der Waals surface area contributed by atoms with Crippen LogP contribution in [0.4, 0.5) is 16.3 Å². The quantitative estimate of drug-likeness (QED) is 0.225. The minimum absolute atomic E-state index is 0.301. The van der Waals surface area contributed by atoms with Crippen LogP contribution >= 0.6 is 23.2 Å². The summed E-state index contributed by atoms with van der Waals surface area (Å²) in [7, 11) is 0. The van der Waals surface area contributed by atoms with Crippen molar-refractivity contribution in [3.63, 3.8) is 0 Å². The van der Waals surface area contributed by atoms with Crippen molar-refractivity contribution in [2.75, 3.05) is 24.6 Å². The molecule has 5 N–H and O–H groups in total. The number of nitrogens with zero attached hydrogens (tertiary/aromatic N) is 3. The smallest absolute Gasteiger partial charge is 0.416 e. The minimum Gasteiger partial charge on any atom is -0.492 e. The highest BCUT2D eigenvalue weighted by Gasteiger charge is 2.35. The molecule has 0 radical (unpaired) electrons. The fourth-order valence-corrected chi connectivity index (χ4v) is 5.33. The van der Waals surface area contributed by atoms with E-state index in [1.165, 1.54) is 0 Å². The number of fused-ring (bicyclic) bond motifs is 3. The Bertz CT molecular complexity index is 1660. The lowest BCUT2D eigenvalue weighted by Crippen LogP contribution is -2.42. The molecule has 0 aliphatic carbocycles. The maximum atomic E-state index is 13.5. The Morgan fingerprint density at radius 1 is 1.00 bits per heavy atom. The van der Waals surface area contributed by atoms with Crippen LogP contribution in [0.3, 0.4) is 0 Å². The number of carbonyl (C=O) groups is 1. The molecule has 2 aromatic heterocycles. The number of nitrogens with two attached hydrogens (primary N) is 2. The van der Waals surface area contributed by atoms with E-state index in [1.807, 2.05) is 42.5 Å². The summed E-state index contributed by atoms with van der Waals surface area (Å²) in [6.45, 7) is 1.35. The number of amides is 1. The van der Waals surface area contributed by atoms with E-state index in [0.29, 0.717) is 59.2 Å². The van der Waals surface area contributed by atoms with Crippen molar-refractivity contribution in [3.05, 3.63) is 99.8 Å². The van der Waals surface area contributed by atoms with Gasteiger partial charge in [-0.05, 0) is 72.1 Å². The zero-order valence-electron chi connectivity index (χ0n) is 21.3. The molecule has 0 saturated carbocycles. The van der Waals surface area contributed by atoms with Crippen molar-refractivity contribution < 1.29 is 14.3 Å². The van der Waals surface area contributed by atoms with E-state index >= 15 is 0 Å². The number of aromatic amines is 1. The summed E-state index contributed by atoms with van der Waals surface area (Å²) < 4.78 is 13.3. The molecule has 3 heterocycles. The van der Waals surface area contributed by atoms with Crippen LogP contribution in [0.25, 0.3) is 10.9 Å². The number of anilines is 2. The van der Waals surface area contributed by atoms with E-state index in [2.05, 4.69) is 10.1 Å². The van der Waals surface area contributed by atoms with Crippen LogP contribution in [-0.4, -0.2) is 38.9 Å². The lowest BCUT2D eigenvalue weighted by Gasteiger charge is -2.35. The van der Waals surface area contributed by atoms with Crippen LogP contribution in [-0.2, 0) is 13.0 Å². The summed E-state index contributed by atoms with van der Waals surface area (Å²) in [4.78, 5) is 18.7. The number of halogens is 2. The molecule has 204 valence electrons. The van der Waals surface area contributed by atoms with Gasteiger partial charge in [0.1, 0.15) is 24.1 Å². The van der Waals surface area contributed by atoms with E-state index in [9.17, 15) is 4.79 Å². The first kappa shape index (κ1) is 25.9. The predicted molar refractivity (Wildman–Crippen MR) is 156 cm³/mol. The molecule has 11 heteroatoms. The summed E-state index contributed by atoms with van der Waals surface area (Å²) in [6.07, 6.45) is 1.88. The molecule has 0 bridgehead atoms. The van der Waals surface area contributed by atoms with Crippen molar-refractivity contribution in [1.82, 2.24) is 19.7 Å². The highest BCUT2D eigenvalue weighted by molar-refractivity contribution is 6.31. The maximum absolute atomic E-state index is 13.5. The Kier molecular flexibility index (Phi) is 6.91. The van der Waals surface area contributed by atoms with Gasteiger partial charge in [-0.2, -0.15) is 5.10 Å². The maximum Gasteiger partial charge on any atom is 0.416 e. The number of nitrogens with one attached hydrogen (secondary N) is 1. The molecular formula is C29H26Cl2N6O3. The Labute approximate surface area is 240 Å². The average Bonchev–Trinajstić information content (AvgIpc) is 3.48. The van der Waals surface area contributed by atoms with Gasteiger partial charge in [-0.1, -0.05) is 35.3 Å².